The van der Waals surface area contributed by atoms with E-state index in [-0.39, 0.29) is 14.0 Å². The van der Waals surface area contributed by atoms with Gasteiger partial charge in [-0.2, -0.15) is 0 Å². The van der Waals surface area contributed by atoms with Crippen molar-refractivity contribution in [3.8, 4) is 0 Å². The lowest BCUT2D eigenvalue weighted by Gasteiger charge is -2.22. The molecule has 300 valence electrons. The number of aliphatic hydroxyl groups is 1. The van der Waals surface area contributed by atoms with E-state index in [4.69, 9.17) is 0 Å². The van der Waals surface area contributed by atoms with Gasteiger partial charge < -0.3 is 20.0 Å². The molecular weight excluding hydrogens is 641 g/mol. The van der Waals surface area contributed by atoms with Gasteiger partial charge in [0.25, 0.3) is 0 Å². The molecule has 4 aromatic rings. The fraction of sp³-hybridized carbons (Fsp3) is 0.468. The Hall–Kier alpha value is -4.09. The quantitative estimate of drug-likeness (QED) is 0.207. The zero-order valence-electron chi connectivity index (χ0n) is 36.6. The number of rotatable bonds is 6. The summed E-state index contributed by atoms with van der Waals surface area (Å²) in [6, 6.07) is 31.2. The number of aryl methyl sites for hydroxylation is 2. The molecule has 0 aromatic heterocycles. The van der Waals surface area contributed by atoms with Crippen LogP contribution < -0.4 is 9.80 Å². The highest BCUT2D eigenvalue weighted by Gasteiger charge is 2.13. The van der Waals surface area contributed by atoms with E-state index in [1.54, 1.807) is 12.1 Å². The highest BCUT2D eigenvalue weighted by molar-refractivity contribution is 5.95. The molecule has 0 aliphatic carbocycles. The smallest absolute Gasteiger partial charge is 0.337 e. The van der Waals surface area contributed by atoms with Gasteiger partial charge in [-0.15, -0.1) is 0 Å². The summed E-state index contributed by atoms with van der Waals surface area (Å²) >= 11 is 0. The first kappa shape index (κ1) is 63.0. The molecule has 2 N–H and O–H groups in total. The fourth-order valence-corrected chi connectivity index (χ4v) is 3.73. The molecule has 5 heteroatoms. The molecule has 0 saturated heterocycles. The Morgan fingerprint density at radius 3 is 1.10 bits per heavy atom. The lowest BCUT2D eigenvalue weighted by Crippen LogP contribution is -2.13. The Bertz CT molecular complexity index is 1250. The van der Waals surface area contributed by atoms with Crippen LogP contribution >= 0.6 is 0 Å². The second-order valence-electron chi connectivity index (χ2n) is 8.40. The van der Waals surface area contributed by atoms with E-state index in [0.29, 0.717) is 11.3 Å². The van der Waals surface area contributed by atoms with Crippen LogP contribution in [-0.4, -0.2) is 30.3 Å². The molecule has 0 amide bonds. The van der Waals surface area contributed by atoms with Crippen molar-refractivity contribution in [3.05, 3.63) is 119 Å². The molecule has 0 radical (unpaired) electrons. The molecule has 0 spiro atoms. The summed E-state index contributed by atoms with van der Waals surface area (Å²) < 4.78 is 0. The summed E-state index contributed by atoms with van der Waals surface area (Å²) in [4.78, 5) is 15.2. The maximum Gasteiger partial charge on any atom is 0.337 e. The molecule has 0 heterocycles. The van der Waals surface area contributed by atoms with Crippen molar-refractivity contribution in [3.63, 3.8) is 0 Å². The molecule has 4 aromatic carbocycles. The largest absolute Gasteiger partial charge is 0.478 e. The van der Waals surface area contributed by atoms with Gasteiger partial charge in [0.1, 0.15) is 0 Å². The minimum atomic E-state index is -0.912. The summed E-state index contributed by atoms with van der Waals surface area (Å²) in [5, 5.41) is 18.5. The van der Waals surface area contributed by atoms with Crippen molar-refractivity contribution in [1.82, 2.24) is 0 Å². The van der Waals surface area contributed by atoms with Crippen molar-refractivity contribution in [1.29, 1.82) is 0 Å². The number of aliphatic hydroxyl groups excluding tert-OH is 1. The molecule has 0 aliphatic rings. The molecule has 4 rings (SSSR count). The number of aromatic carboxylic acids is 1. The number of benzene rings is 4. The summed E-state index contributed by atoms with van der Waals surface area (Å²) in [5.74, 6) is -0.912. The van der Waals surface area contributed by atoms with Gasteiger partial charge in [-0.3, -0.25) is 0 Å². The molecule has 0 bridgehead atoms. The van der Waals surface area contributed by atoms with E-state index in [2.05, 4.69) is 36.1 Å². The molecule has 0 atom stereocenters. The lowest BCUT2D eigenvalue weighted by molar-refractivity contribution is 0.0697. The highest BCUT2D eigenvalue weighted by atomic mass is 16.4. The van der Waals surface area contributed by atoms with E-state index in [1.165, 1.54) is 11.1 Å². The number of carboxylic acid groups (broad SMARTS) is 1. The maximum atomic E-state index is 11.2. The Kier molecular flexibility index (Phi) is 56.8. The van der Waals surface area contributed by atoms with Crippen LogP contribution in [0.5, 0.6) is 0 Å². The average molecular weight is 725 g/mol. The van der Waals surface area contributed by atoms with E-state index in [9.17, 15) is 15.0 Å². The Morgan fingerprint density at radius 2 is 0.769 bits per heavy atom. The first-order valence-electron chi connectivity index (χ1n) is 19.4. The van der Waals surface area contributed by atoms with Crippen LogP contribution in [0.3, 0.4) is 0 Å². The molecule has 0 saturated carbocycles. The maximum absolute atomic E-state index is 11.2. The first-order chi connectivity index (χ1) is 24.8. The number of carbonyl (C=O) groups is 1. The van der Waals surface area contributed by atoms with Crippen molar-refractivity contribution in [2.45, 2.75) is 139 Å². The number of anilines is 4. The van der Waals surface area contributed by atoms with Crippen molar-refractivity contribution in [2.75, 3.05) is 23.9 Å². The van der Waals surface area contributed by atoms with Crippen LogP contribution in [-0.2, 0) is 6.61 Å². The monoisotopic (exact) mass is 725 g/mol. The molecule has 0 aliphatic heterocycles. The number of nitrogens with zero attached hydrogens (tertiary/aromatic N) is 2. The summed E-state index contributed by atoms with van der Waals surface area (Å²) in [6.45, 7) is 36.2. The van der Waals surface area contributed by atoms with Crippen LogP contribution in [0.2, 0.25) is 0 Å². The molecule has 0 unspecified atom stereocenters. The van der Waals surface area contributed by atoms with E-state index < -0.39 is 5.97 Å². The second kappa shape index (κ2) is 46.9. The summed E-state index contributed by atoms with van der Waals surface area (Å²) in [7, 11) is 3.88. The molecule has 5 nitrogen and oxygen atoms in total. The molecule has 0 fully saturated rings. The predicted molar refractivity (Wildman–Crippen MR) is 242 cm³/mol. The molecule has 52 heavy (non-hydrogen) atoms. The minimum Gasteiger partial charge on any atom is -0.478 e. The topological polar surface area (TPSA) is 64.0 Å². The standard InChI is InChI=1S/C15H15NO2.C15H17NO.8C2H6.CH4/c1-11-7-9-12(10-8-11)16(2)14-6-4-3-5-13(14)15(17)18;1-12-7-9-14(10-8-12)16(2)15-6-4-3-5-13(15)11-17;8*1-2;/h3-10H,1-2H3,(H,17,18);3-10,17H,11H2,1-2H3;8*1-2H3;1H4. The van der Waals surface area contributed by atoms with Gasteiger partial charge >= 0.3 is 5.97 Å². The minimum absolute atomic E-state index is 0. The predicted octanol–water partition coefficient (Wildman–Crippen LogP) is 15.6. The fourth-order valence-electron chi connectivity index (χ4n) is 3.73. The SMILES string of the molecule is C.CC.CC.CC.CC.CC.CC.CC.CC.Cc1ccc(N(C)c2ccccc2C(=O)O)cc1.Cc1ccc(N(C)c2ccccc2CO)cc1. The zero-order valence-corrected chi connectivity index (χ0v) is 36.6. The third-order valence-corrected chi connectivity index (χ3v) is 5.86. The second-order valence-corrected chi connectivity index (χ2v) is 8.40. The molecular formula is C47H84N2O3. The summed E-state index contributed by atoms with van der Waals surface area (Å²) in [5.41, 5.74) is 7.49. The van der Waals surface area contributed by atoms with Crippen molar-refractivity contribution >= 4 is 28.7 Å². The third-order valence-electron chi connectivity index (χ3n) is 5.86. The first-order valence-corrected chi connectivity index (χ1v) is 19.4. The van der Waals surface area contributed by atoms with Crippen molar-refractivity contribution in [2.24, 2.45) is 0 Å². The normalized spacial score (nSPS) is 7.79. The Balaban J connectivity index is -0.000000111. The number of hydrogen-bond acceptors (Lipinski definition) is 4. The van der Waals surface area contributed by atoms with Crippen LogP contribution in [0.4, 0.5) is 22.7 Å². The van der Waals surface area contributed by atoms with E-state index >= 15 is 0 Å². The van der Waals surface area contributed by atoms with Gasteiger partial charge in [0.2, 0.25) is 0 Å². The zero-order chi connectivity index (χ0) is 41.4. The number of hydrogen-bond donors (Lipinski definition) is 2. The van der Waals surface area contributed by atoms with E-state index in [0.717, 1.165) is 22.6 Å². The Morgan fingerprint density at radius 1 is 0.481 bits per heavy atom. The van der Waals surface area contributed by atoms with Gasteiger partial charge in [-0.05, 0) is 56.3 Å². The highest BCUT2D eigenvalue weighted by Crippen LogP contribution is 2.28. The van der Waals surface area contributed by atoms with Crippen LogP contribution in [0, 0.1) is 13.8 Å². The van der Waals surface area contributed by atoms with E-state index in [1.807, 2.05) is 197 Å². The lowest BCUT2D eigenvalue weighted by atomic mass is 10.1. The summed E-state index contributed by atoms with van der Waals surface area (Å²) in [6.07, 6.45) is 0. The average Bonchev–Trinajstić information content (AvgIpc) is 3.24. The number of carboxylic acids is 1. The van der Waals surface area contributed by atoms with Crippen LogP contribution in [0.1, 0.15) is 145 Å². The number of para-hydroxylation sites is 2. The van der Waals surface area contributed by atoms with Gasteiger partial charge in [0, 0.05) is 36.7 Å². The van der Waals surface area contributed by atoms with Gasteiger partial charge in [0.05, 0.1) is 17.9 Å². The van der Waals surface area contributed by atoms with Gasteiger partial charge in [0.15, 0.2) is 0 Å². The van der Waals surface area contributed by atoms with Crippen LogP contribution in [0.15, 0.2) is 97.1 Å². The van der Waals surface area contributed by atoms with Gasteiger partial charge in [-0.1, -0.05) is 184 Å². The Labute approximate surface area is 324 Å². The van der Waals surface area contributed by atoms with Crippen LogP contribution in [0.25, 0.3) is 0 Å². The van der Waals surface area contributed by atoms with Gasteiger partial charge in [-0.25, -0.2) is 4.79 Å². The third kappa shape index (κ3) is 25.8. The van der Waals surface area contributed by atoms with Crippen molar-refractivity contribution < 1.29 is 15.0 Å².